The average Bonchev–Trinajstić information content (AvgIpc) is 3.23. The third-order valence-electron chi connectivity index (χ3n) is 5.63. The van der Waals surface area contributed by atoms with Crippen molar-refractivity contribution in [1.82, 2.24) is 5.32 Å². The molecule has 2 aromatic rings. The fourth-order valence-corrected chi connectivity index (χ4v) is 8.47. The van der Waals surface area contributed by atoms with Crippen LogP contribution in [-0.2, 0) is 25.8 Å². The summed E-state index contributed by atoms with van der Waals surface area (Å²) < 4.78 is 30.9. The van der Waals surface area contributed by atoms with Crippen LogP contribution in [0.1, 0.15) is 26.3 Å². The van der Waals surface area contributed by atoms with Crippen molar-refractivity contribution in [1.29, 1.82) is 0 Å². The number of nitrogens with one attached hydrogen (secondary N) is 1. The lowest BCUT2D eigenvalue weighted by atomic mass is 10.1. The zero-order valence-corrected chi connectivity index (χ0v) is 23.4. The maximum Gasteiger partial charge on any atom is 0.408 e. The Morgan fingerprint density at radius 3 is 2.56 bits per heavy atom. The zero-order chi connectivity index (χ0) is 26.1. The Balaban J connectivity index is 1.65. The third-order valence-corrected chi connectivity index (χ3v) is 9.33. The topological polar surface area (TPSA) is 105 Å². The minimum Gasteiger partial charge on any atom is -0.444 e. The summed E-state index contributed by atoms with van der Waals surface area (Å²) in [5.74, 6) is -0.507. The molecule has 0 radical (unpaired) electrons. The largest absolute Gasteiger partial charge is 0.444 e. The lowest BCUT2D eigenvalue weighted by molar-refractivity contribution is -0.119. The Morgan fingerprint density at radius 2 is 1.89 bits per heavy atom. The smallest absolute Gasteiger partial charge is 0.408 e. The standard InChI is InChI=1S/C25H28BrN3O5S2/c1-25(2,3)34-24(31)27-19(12-16-8-5-4-6-9-16)22(30)28-23-29(18-11-7-10-17(26)13-18)20-14-36(32,33)15-21(20)35-23/h4-11,13,19-21H,12,14-15H2,1-3H3,(H,27,31)/t19-,20+,21-/m0/s1. The number of benzene rings is 2. The molecule has 2 aliphatic heterocycles. The van der Waals surface area contributed by atoms with Gasteiger partial charge in [-0.05, 0) is 44.5 Å². The molecule has 1 N–H and O–H groups in total. The Labute approximate surface area is 223 Å². The molecule has 0 saturated carbocycles. The first kappa shape index (κ1) is 26.7. The van der Waals surface area contributed by atoms with Gasteiger partial charge in [-0.1, -0.05) is 64.1 Å². The van der Waals surface area contributed by atoms with Gasteiger partial charge >= 0.3 is 6.09 Å². The van der Waals surface area contributed by atoms with Crippen LogP contribution in [0.15, 0.2) is 64.1 Å². The third kappa shape index (κ3) is 6.68. The van der Waals surface area contributed by atoms with Crippen molar-refractivity contribution < 1.29 is 22.7 Å². The van der Waals surface area contributed by atoms with Crippen molar-refractivity contribution in [2.24, 2.45) is 4.99 Å². The van der Waals surface area contributed by atoms with Crippen molar-refractivity contribution in [3.8, 4) is 0 Å². The number of halogens is 1. The molecule has 2 saturated heterocycles. The molecule has 0 aromatic heterocycles. The van der Waals surface area contributed by atoms with E-state index in [1.807, 2.05) is 59.5 Å². The monoisotopic (exact) mass is 593 g/mol. The van der Waals surface area contributed by atoms with Gasteiger partial charge < -0.3 is 15.0 Å². The molecule has 8 nitrogen and oxygen atoms in total. The maximum absolute atomic E-state index is 13.5. The van der Waals surface area contributed by atoms with Gasteiger partial charge in [0.25, 0.3) is 5.91 Å². The number of sulfone groups is 1. The second kappa shape index (κ2) is 10.5. The van der Waals surface area contributed by atoms with Crippen molar-refractivity contribution in [2.45, 2.75) is 50.1 Å². The molecule has 4 rings (SSSR count). The fourth-order valence-electron chi connectivity index (χ4n) is 4.16. The number of nitrogens with zero attached hydrogens (tertiary/aromatic N) is 2. The molecule has 36 heavy (non-hydrogen) atoms. The Kier molecular flexibility index (Phi) is 7.82. The first-order valence-corrected chi connectivity index (χ1v) is 15.0. The van der Waals surface area contributed by atoms with Crippen LogP contribution in [-0.4, -0.2) is 60.0 Å². The minimum absolute atomic E-state index is 0.00596. The van der Waals surface area contributed by atoms with E-state index in [0.717, 1.165) is 15.7 Å². The molecule has 2 amide bonds. The number of amidine groups is 1. The van der Waals surface area contributed by atoms with Crippen molar-refractivity contribution in [3.63, 3.8) is 0 Å². The second-order valence-corrected chi connectivity index (χ2v) is 14.0. The van der Waals surface area contributed by atoms with Crippen LogP contribution < -0.4 is 10.2 Å². The molecule has 11 heteroatoms. The molecule has 3 atom stereocenters. The number of anilines is 1. The molecule has 0 bridgehead atoms. The van der Waals surface area contributed by atoms with Gasteiger partial charge in [0, 0.05) is 21.8 Å². The molecule has 0 spiro atoms. The SMILES string of the molecule is CC(C)(C)OC(=O)N[C@@H](Cc1ccccc1)C(=O)N=C1S[C@H]2CS(=O)(=O)C[C@H]2N1c1cccc(Br)c1. The number of carbonyl (C=O) groups excluding carboxylic acids is 2. The molecular weight excluding hydrogens is 566 g/mol. The number of thioether (sulfide) groups is 1. The highest BCUT2D eigenvalue weighted by Gasteiger charge is 2.49. The van der Waals surface area contributed by atoms with E-state index in [1.165, 1.54) is 11.8 Å². The number of hydrogen-bond donors (Lipinski definition) is 1. The van der Waals surface area contributed by atoms with Crippen LogP contribution >= 0.6 is 27.7 Å². The highest BCUT2D eigenvalue weighted by molar-refractivity contribution is 9.10. The summed E-state index contributed by atoms with van der Waals surface area (Å²) in [5, 5.41) is 2.87. The van der Waals surface area contributed by atoms with Crippen LogP contribution in [0.2, 0.25) is 0 Å². The number of hydrogen-bond acceptors (Lipinski definition) is 6. The summed E-state index contributed by atoms with van der Waals surface area (Å²) in [4.78, 5) is 32.3. The second-order valence-electron chi connectivity index (χ2n) is 9.77. The number of alkyl carbamates (subject to hydrolysis) is 1. The van der Waals surface area contributed by atoms with Crippen molar-refractivity contribution >= 4 is 60.4 Å². The number of fused-ring (bicyclic) bond motifs is 1. The molecular formula is C25H28BrN3O5S2. The van der Waals surface area contributed by atoms with E-state index in [-0.39, 0.29) is 29.2 Å². The lowest BCUT2D eigenvalue weighted by Gasteiger charge is -2.25. The number of aliphatic imine (C=N–C) groups is 1. The van der Waals surface area contributed by atoms with Crippen molar-refractivity contribution in [3.05, 3.63) is 64.6 Å². The summed E-state index contributed by atoms with van der Waals surface area (Å²) in [5.41, 5.74) is 0.878. The summed E-state index contributed by atoms with van der Waals surface area (Å²) in [6, 6.07) is 15.5. The molecule has 2 aliphatic rings. The summed E-state index contributed by atoms with van der Waals surface area (Å²) in [7, 11) is -3.19. The van der Waals surface area contributed by atoms with E-state index < -0.39 is 33.5 Å². The minimum atomic E-state index is -3.19. The molecule has 0 aliphatic carbocycles. The molecule has 0 unspecified atom stereocenters. The van der Waals surface area contributed by atoms with Crippen molar-refractivity contribution in [2.75, 3.05) is 16.4 Å². The summed E-state index contributed by atoms with van der Waals surface area (Å²) in [6.07, 6.45) is -0.471. The lowest BCUT2D eigenvalue weighted by Crippen LogP contribution is -2.45. The fraction of sp³-hybridized carbons (Fsp3) is 0.400. The number of ether oxygens (including phenoxy) is 1. The Bertz CT molecular complexity index is 1280. The van der Waals surface area contributed by atoms with Crippen LogP contribution in [0.25, 0.3) is 0 Å². The average molecular weight is 595 g/mol. The van der Waals surface area contributed by atoms with E-state index >= 15 is 0 Å². The normalized spacial score (nSPS) is 22.8. The van der Waals surface area contributed by atoms with Crippen LogP contribution in [0.5, 0.6) is 0 Å². The zero-order valence-electron chi connectivity index (χ0n) is 20.2. The highest BCUT2D eigenvalue weighted by atomic mass is 79.9. The van der Waals surface area contributed by atoms with E-state index in [1.54, 1.807) is 20.8 Å². The van der Waals surface area contributed by atoms with Gasteiger partial charge in [0.05, 0.1) is 17.5 Å². The molecule has 2 aromatic carbocycles. The first-order valence-electron chi connectivity index (χ1n) is 11.5. The van der Waals surface area contributed by atoms with Gasteiger partial charge in [0.1, 0.15) is 11.6 Å². The number of carbonyl (C=O) groups is 2. The highest BCUT2D eigenvalue weighted by Crippen LogP contribution is 2.41. The van der Waals surface area contributed by atoms with Gasteiger partial charge in [-0.15, -0.1) is 0 Å². The first-order chi connectivity index (χ1) is 16.9. The molecule has 2 heterocycles. The quantitative estimate of drug-likeness (QED) is 0.554. The van der Waals surface area contributed by atoms with Crippen LogP contribution in [0.3, 0.4) is 0 Å². The van der Waals surface area contributed by atoms with Crippen LogP contribution in [0, 0.1) is 0 Å². The summed E-state index contributed by atoms with van der Waals surface area (Å²) >= 11 is 4.76. The Hall–Kier alpha value is -2.37. The number of amides is 2. The van der Waals surface area contributed by atoms with Crippen LogP contribution in [0.4, 0.5) is 10.5 Å². The molecule has 192 valence electrons. The number of rotatable bonds is 5. The predicted molar refractivity (Wildman–Crippen MR) is 146 cm³/mol. The van der Waals surface area contributed by atoms with E-state index in [0.29, 0.717) is 5.17 Å². The summed E-state index contributed by atoms with van der Waals surface area (Å²) in [6.45, 7) is 5.25. The van der Waals surface area contributed by atoms with Gasteiger partial charge in [0.15, 0.2) is 15.0 Å². The molecule has 2 fully saturated rings. The van der Waals surface area contributed by atoms with E-state index in [9.17, 15) is 18.0 Å². The van der Waals surface area contributed by atoms with E-state index in [4.69, 9.17) is 4.74 Å². The maximum atomic E-state index is 13.5. The van der Waals surface area contributed by atoms with E-state index in [2.05, 4.69) is 26.2 Å². The van der Waals surface area contributed by atoms with Gasteiger partial charge in [0.2, 0.25) is 0 Å². The predicted octanol–water partition coefficient (Wildman–Crippen LogP) is 4.19. The van der Waals surface area contributed by atoms with Gasteiger partial charge in [-0.25, -0.2) is 13.2 Å². The van der Waals surface area contributed by atoms with Gasteiger partial charge in [-0.2, -0.15) is 4.99 Å². The van der Waals surface area contributed by atoms with Gasteiger partial charge in [-0.3, -0.25) is 4.79 Å². The Morgan fingerprint density at radius 1 is 1.17 bits per heavy atom.